The van der Waals surface area contributed by atoms with Gasteiger partial charge in [0.25, 0.3) is 0 Å². The Balaban J connectivity index is 1.63. The predicted molar refractivity (Wildman–Crippen MR) is 111 cm³/mol. The van der Waals surface area contributed by atoms with Gasteiger partial charge in [0.1, 0.15) is 11.6 Å². The first-order chi connectivity index (χ1) is 14.1. The molecule has 0 fully saturated rings. The molecule has 4 rings (SSSR count). The smallest absolute Gasteiger partial charge is 0.364 e. The fourth-order valence-electron chi connectivity index (χ4n) is 3.66. The van der Waals surface area contributed by atoms with E-state index in [9.17, 15) is 9.59 Å². The quantitative estimate of drug-likeness (QED) is 0.528. The van der Waals surface area contributed by atoms with Crippen LogP contribution in [-0.2, 0) is 17.8 Å². The van der Waals surface area contributed by atoms with Gasteiger partial charge < -0.3 is 14.6 Å². The summed E-state index contributed by atoms with van der Waals surface area (Å²) >= 11 is 0. The van der Waals surface area contributed by atoms with Crippen LogP contribution in [0.25, 0.3) is 11.4 Å². The van der Waals surface area contributed by atoms with Gasteiger partial charge in [-0.1, -0.05) is 36.8 Å². The highest BCUT2D eigenvalue weighted by atomic mass is 16.5. The minimum absolute atomic E-state index is 0.149. The summed E-state index contributed by atoms with van der Waals surface area (Å²) in [4.78, 5) is 28.8. The molecule has 29 heavy (non-hydrogen) atoms. The molecule has 1 aliphatic heterocycles. The molecule has 0 unspecified atom stereocenters. The number of fused-ring (bicyclic) bond motifs is 1. The lowest BCUT2D eigenvalue weighted by atomic mass is 10.1. The standard InChI is InChI=1S/C23H23N3O3/c1-16(27)24-18-11-13-19(14-12-18)29-23(28)21-20-10-6-3-7-15-26(20)22(25-21)17-8-4-2-5-9-17/h2,4-5,8-9,11-14H,3,6-7,10,15H2,1H3,(H,24,27). The number of benzene rings is 2. The van der Waals surface area contributed by atoms with Crippen LogP contribution in [0.3, 0.4) is 0 Å². The molecule has 3 aromatic rings. The number of amides is 1. The van der Waals surface area contributed by atoms with Crippen LogP contribution in [0.1, 0.15) is 42.4 Å². The Kier molecular flexibility index (Phi) is 5.42. The number of carbonyl (C=O) groups excluding carboxylic acids is 2. The van der Waals surface area contributed by atoms with Crippen molar-refractivity contribution in [3.63, 3.8) is 0 Å². The van der Waals surface area contributed by atoms with E-state index < -0.39 is 5.97 Å². The number of anilines is 1. The second-order valence-electron chi connectivity index (χ2n) is 7.15. The van der Waals surface area contributed by atoms with E-state index in [0.717, 1.165) is 49.3 Å². The zero-order valence-corrected chi connectivity index (χ0v) is 16.4. The Labute approximate surface area is 169 Å². The Morgan fingerprint density at radius 1 is 1.00 bits per heavy atom. The van der Waals surface area contributed by atoms with Gasteiger partial charge in [-0.15, -0.1) is 0 Å². The second kappa shape index (κ2) is 8.31. The molecule has 148 valence electrons. The first kappa shape index (κ1) is 18.9. The van der Waals surface area contributed by atoms with Crippen molar-refractivity contribution in [1.29, 1.82) is 0 Å². The Morgan fingerprint density at radius 3 is 2.48 bits per heavy atom. The zero-order valence-electron chi connectivity index (χ0n) is 16.4. The highest BCUT2D eigenvalue weighted by Gasteiger charge is 2.25. The molecule has 0 radical (unpaired) electrons. The molecule has 0 saturated heterocycles. The van der Waals surface area contributed by atoms with E-state index in [-0.39, 0.29) is 5.91 Å². The van der Waals surface area contributed by atoms with Gasteiger partial charge in [-0.25, -0.2) is 9.78 Å². The van der Waals surface area contributed by atoms with Crippen molar-refractivity contribution in [3.05, 3.63) is 66.0 Å². The summed E-state index contributed by atoms with van der Waals surface area (Å²) in [7, 11) is 0. The molecule has 1 amide bonds. The summed E-state index contributed by atoms with van der Waals surface area (Å²) in [6.45, 7) is 2.30. The molecule has 6 heteroatoms. The maximum absolute atomic E-state index is 12.9. The number of aromatic nitrogens is 2. The van der Waals surface area contributed by atoms with Crippen LogP contribution < -0.4 is 10.1 Å². The summed E-state index contributed by atoms with van der Waals surface area (Å²) in [6.07, 6.45) is 4.05. The van der Waals surface area contributed by atoms with E-state index >= 15 is 0 Å². The van der Waals surface area contributed by atoms with Crippen molar-refractivity contribution in [2.45, 2.75) is 39.2 Å². The van der Waals surface area contributed by atoms with E-state index in [0.29, 0.717) is 17.1 Å². The van der Waals surface area contributed by atoms with Crippen molar-refractivity contribution in [2.75, 3.05) is 5.32 Å². The lowest BCUT2D eigenvalue weighted by Gasteiger charge is -2.09. The van der Waals surface area contributed by atoms with Crippen LogP contribution in [0.4, 0.5) is 5.69 Å². The lowest BCUT2D eigenvalue weighted by molar-refractivity contribution is -0.114. The van der Waals surface area contributed by atoms with Gasteiger partial charge in [-0.2, -0.15) is 0 Å². The van der Waals surface area contributed by atoms with Gasteiger partial charge in [-0.05, 0) is 43.5 Å². The van der Waals surface area contributed by atoms with Crippen molar-refractivity contribution >= 4 is 17.6 Å². The first-order valence-electron chi connectivity index (χ1n) is 9.86. The third-order valence-corrected chi connectivity index (χ3v) is 4.98. The number of hydrogen-bond acceptors (Lipinski definition) is 4. The van der Waals surface area contributed by atoms with Gasteiger partial charge in [-0.3, -0.25) is 4.79 Å². The number of ether oxygens (including phenoxy) is 1. The van der Waals surface area contributed by atoms with E-state index in [1.165, 1.54) is 6.92 Å². The predicted octanol–water partition coefficient (Wildman–Crippen LogP) is 4.45. The molecule has 1 N–H and O–H groups in total. The van der Waals surface area contributed by atoms with Crippen molar-refractivity contribution in [1.82, 2.24) is 9.55 Å². The summed E-state index contributed by atoms with van der Waals surface area (Å²) in [6, 6.07) is 16.7. The van der Waals surface area contributed by atoms with Crippen LogP contribution in [0, 0.1) is 0 Å². The molecule has 6 nitrogen and oxygen atoms in total. The Bertz CT molecular complexity index is 1020. The molecular weight excluding hydrogens is 366 g/mol. The van der Waals surface area contributed by atoms with E-state index in [1.807, 2.05) is 30.3 Å². The highest BCUT2D eigenvalue weighted by molar-refractivity contribution is 5.92. The second-order valence-corrected chi connectivity index (χ2v) is 7.15. The molecular formula is C23H23N3O3. The molecule has 2 heterocycles. The summed E-state index contributed by atoms with van der Waals surface area (Å²) in [5.41, 5.74) is 2.98. The highest BCUT2D eigenvalue weighted by Crippen LogP contribution is 2.28. The monoisotopic (exact) mass is 389 g/mol. The maximum Gasteiger partial charge on any atom is 0.364 e. The van der Waals surface area contributed by atoms with E-state index in [1.54, 1.807) is 24.3 Å². The van der Waals surface area contributed by atoms with Gasteiger partial charge in [0, 0.05) is 24.7 Å². The number of nitrogens with one attached hydrogen (secondary N) is 1. The topological polar surface area (TPSA) is 73.2 Å². The minimum atomic E-state index is -0.454. The van der Waals surface area contributed by atoms with Gasteiger partial charge >= 0.3 is 5.97 Å². The molecule has 0 bridgehead atoms. The normalized spacial score (nSPS) is 13.3. The van der Waals surface area contributed by atoms with Gasteiger partial charge in [0.2, 0.25) is 5.91 Å². The zero-order chi connectivity index (χ0) is 20.2. The third kappa shape index (κ3) is 4.21. The fraction of sp³-hybridized carbons (Fsp3) is 0.261. The number of nitrogens with zero attached hydrogens (tertiary/aromatic N) is 2. The molecule has 1 aliphatic rings. The van der Waals surface area contributed by atoms with Crippen LogP contribution >= 0.6 is 0 Å². The SMILES string of the molecule is CC(=O)Nc1ccc(OC(=O)c2nc(-c3ccccc3)n3c2CCCCC3)cc1. The van der Waals surface area contributed by atoms with Crippen molar-refractivity contribution in [2.24, 2.45) is 0 Å². The lowest BCUT2D eigenvalue weighted by Crippen LogP contribution is -2.13. The third-order valence-electron chi connectivity index (χ3n) is 4.98. The van der Waals surface area contributed by atoms with Crippen LogP contribution in [0.2, 0.25) is 0 Å². The minimum Gasteiger partial charge on any atom is -0.422 e. The number of hydrogen-bond donors (Lipinski definition) is 1. The van der Waals surface area contributed by atoms with Gasteiger partial charge in [0.05, 0.1) is 5.69 Å². The van der Waals surface area contributed by atoms with Crippen molar-refractivity contribution < 1.29 is 14.3 Å². The molecule has 0 spiro atoms. The summed E-state index contributed by atoms with van der Waals surface area (Å²) < 4.78 is 7.75. The number of imidazole rings is 1. The largest absolute Gasteiger partial charge is 0.422 e. The van der Waals surface area contributed by atoms with Crippen molar-refractivity contribution in [3.8, 4) is 17.1 Å². The summed E-state index contributed by atoms with van der Waals surface area (Å²) in [5, 5.41) is 2.69. The molecule has 1 aromatic heterocycles. The van der Waals surface area contributed by atoms with Crippen LogP contribution in [0.15, 0.2) is 54.6 Å². The van der Waals surface area contributed by atoms with E-state index in [4.69, 9.17) is 4.74 Å². The number of rotatable bonds is 4. The first-order valence-corrected chi connectivity index (χ1v) is 9.86. The summed E-state index contributed by atoms with van der Waals surface area (Å²) in [5.74, 6) is 0.630. The molecule has 0 aliphatic carbocycles. The molecule has 0 saturated carbocycles. The van der Waals surface area contributed by atoms with E-state index in [2.05, 4.69) is 14.9 Å². The molecule has 2 aromatic carbocycles. The fourth-order valence-corrected chi connectivity index (χ4v) is 3.66. The molecule has 0 atom stereocenters. The number of esters is 1. The van der Waals surface area contributed by atoms with Gasteiger partial charge in [0.15, 0.2) is 5.69 Å². The maximum atomic E-state index is 12.9. The number of carbonyl (C=O) groups is 2. The van der Waals surface area contributed by atoms with Crippen LogP contribution in [-0.4, -0.2) is 21.4 Å². The average molecular weight is 389 g/mol. The Hall–Kier alpha value is -3.41. The van der Waals surface area contributed by atoms with Crippen LogP contribution in [0.5, 0.6) is 5.75 Å². The average Bonchev–Trinajstić information content (AvgIpc) is 2.91. The Morgan fingerprint density at radius 2 is 1.76 bits per heavy atom.